The van der Waals surface area contributed by atoms with Crippen LogP contribution in [0.2, 0.25) is 0 Å². The predicted molar refractivity (Wildman–Crippen MR) is 80.5 cm³/mol. The van der Waals surface area contributed by atoms with Gasteiger partial charge in [-0.2, -0.15) is 0 Å². The summed E-state index contributed by atoms with van der Waals surface area (Å²) in [6, 6.07) is 15.9. The van der Waals surface area contributed by atoms with E-state index in [1.54, 1.807) is 0 Å². The fourth-order valence-electron chi connectivity index (χ4n) is 2.35. The van der Waals surface area contributed by atoms with Gasteiger partial charge in [-0.3, -0.25) is 0 Å². The molecule has 0 bridgehead atoms. The molecule has 0 amide bonds. The number of ether oxygens (including phenoxy) is 2. The van der Waals surface area contributed by atoms with Crippen LogP contribution in [-0.2, 0) is 6.42 Å². The minimum absolute atomic E-state index is 0.254. The highest BCUT2D eigenvalue weighted by Gasteiger charge is 2.16. The van der Waals surface area contributed by atoms with Gasteiger partial charge in [0.2, 0.25) is 6.79 Å². The molecule has 1 heterocycles. The molecule has 110 valence electrons. The SMILES string of the molecule is OC(CNCCc1ccccc1)c1ccc2c(c1)OCO2. The van der Waals surface area contributed by atoms with Gasteiger partial charge in [-0.15, -0.1) is 0 Å². The van der Waals surface area contributed by atoms with Gasteiger partial charge in [0.05, 0.1) is 6.10 Å². The van der Waals surface area contributed by atoms with E-state index in [9.17, 15) is 5.11 Å². The van der Waals surface area contributed by atoms with Crippen molar-refractivity contribution in [2.75, 3.05) is 19.9 Å². The standard InChI is InChI=1S/C17H19NO3/c19-15(11-18-9-8-13-4-2-1-3-5-13)14-6-7-16-17(10-14)21-12-20-16/h1-7,10,15,18-19H,8-9,11-12H2. The quantitative estimate of drug-likeness (QED) is 0.800. The van der Waals surface area contributed by atoms with Gasteiger partial charge in [-0.1, -0.05) is 36.4 Å². The summed E-state index contributed by atoms with van der Waals surface area (Å²) in [6.07, 6.45) is 0.407. The molecule has 1 unspecified atom stereocenters. The normalized spacial score (nSPS) is 14.1. The number of benzene rings is 2. The number of rotatable bonds is 6. The lowest BCUT2D eigenvalue weighted by molar-refractivity contribution is 0.170. The van der Waals surface area contributed by atoms with Crippen molar-refractivity contribution < 1.29 is 14.6 Å². The highest BCUT2D eigenvalue weighted by molar-refractivity contribution is 5.45. The van der Waals surface area contributed by atoms with Gasteiger partial charge in [-0.25, -0.2) is 0 Å². The zero-order chi connectivity index (χ0) is 14.5. The molecule has 2 aromatic carbocycles. The Hall–Kier alpha value is -2.04. The molecule has 0 saturated carbocycles. The molecule has 4 heteroatoms. The van der Waals surface area contributed by atoms with Crippen LogP contribution in [0.4, 0.5) is 0 Å². The van der Waals surface area contributed by atoms with Crippen LogP contribution in [0.1, 0.15) is 17.2 Å². The topological polar surface area (TPSA) is 50.7 Å². The van der Waals surface area contributed by atoms with E-state index in [0.29, 0.717) is 12.3 Å². The van der Waals surface area contributed by atoms with Crippen molar-refractivity contribution in [2.45, 2.75) is 12.5 Å². The van der Waals surface area contributed by atoms with E-state index in [1.165, 1.54) is 5.56 Å². The lowest BCUT2D eigenvalue weighted by Crippen LogP contribution is -2.23. The maximum Gasteiger partial charge on any atom is 0.231 e. The zero-order valence-corrected chi connectivity index (χ0v) is 11.8. The van der Waals surface area contributed by atoms with Crippen molar-refractivity contribution in [2.24, 2.45) is 0 Å². The summed E-state index contributed by atoms with van der Waals surface area (Å²) in [4.78, 5) is 0. The fraction of sp³-hybridized carbons (Fsp3) is 0.294. The summed E-state index contributed by atoms with van der Waals surface area (Å²) in [5.41, 5.74) is 2.13. The van der Waals surface area contributed by atoms with E-state index in [4.69, 9.17) is 9.47 Å². The third kappa shape index (κ3) is 3.54. The van der Waals surface area contributed by atoms with E-state index in [1.807, 2.05) is 36.4 Å². The number of hydrogen-bond donors (Lipinski definition) is 2. The zero-order valence-electron chi connectivity index (χ0n) is 11.8. The van der Waals surface area contributed by atoms with Crippen LogP contribution in [0, 0.1) is 0 Å². The number of aliphatic hydroxyl groups excluding tert-OH is 1. The third-order valence-electron chi connectivity index (χ3n) is 3.55. The van der Waals surface area contributed by atoms with Gasteiger partial charge < -0.3 is 19.9 Å². The summed E-state index contributed by atoms with van der Waals surface area (Å²) in [5.74, 6) is 1.44. The van der Waals surface area contributed by atoms with Crippen LogP contribution < -0.4 is 14.8 Å². The van der Waals surface area contributed by atoms with Gasteiger partial charge in [-0.05, 0) is 36.2 Å². The van der Waals surface area contributed by atoms with Crippen molar-refractivity contribution in [1.29, 1.82) is 0 Å². The Kier molecular flexibility index (Phi) is 4.38. The molecule has 0 spiro atoms. The molecule has 21 heavy (non-hydrogen) atoms. The van der Waals surface area contributed by atoms with Crippen LogP contribution in [0.15, 0.2) is 48.5 Å². The van der Waals surface area contributed by atoms with Gasteiger partial charge in [0.1, 0.15) is 0 Å². The highest BCUT2D eigenvalue weighted by atomic mass is 16.7. The highest BCUT2D eigenvalue weighted by Crippen LogP contribution is 2.33. The largest absolute Gasteiger partial charge is 0.454 e. The van der Waals surface area contributed by atoms with E-state index in [0.717, 1.165) is 24.3 Å². The van der Waals surface area contributed by atoms with Gasteiger partial charge >= 0.3 is 0 Å². The fourth-order valence-corrected chi connectivity index (χ4v) is 2.35. The molecule has 4 nitrogen and oxygen atoms in total. The van der Waals surface area contributed by atoms with E-state index in [-0.39, 0.29) is 6.79 Å². The molecule has 1 aliphatic rings. The first-order valence-corrected chi connectivity index (χ1v) is 7.15. The molecule has 0 saturated heterocycles. The van der Waals surface area contributed by atoms with Gasteiger partial charge in [0.25, 0.3) is 0 Å². The van der Waals surface area contributed by atoms with E-state index < -0.39 is 6.10 Å². The molecular weight excluding hydrogens is 266 g/mol. The summed E-state index contributed by atoms with van der Waals surface area (Å²) < 4.78 is 10.6. The number of hydrogen-bond acceptors (Lipinski definition) is 4. The second kappa shape index (κ2) is 6.61. The summed E-state index contributed by atoms with van der Waals surface area (Å²) in [7, 11) is 0. The summed E-state index contributed by atoms with van der Waals surface area (Å²) >= 11 is 0. The third-order valence-corrected chi connectivity index (χ3v) is 3.55. The van der Waals surface area contributed by atoms with Crippen LogP contribution in [0.5, 0.6) is 11.5 Å². The minimum Gasteiger partial charge on any atom is -0.454 e. The van der Waals surface area contributed by atoms with Crippen LogP contribution in [0.3, 0.4) is 0 Å². The van der Waals surface area contributed by atoms with Gasteiger partial charge in [0.15, 0.2) is 11.5 Å². The second-order valence-electron chi connectivity index (χ2n) is 5.07. The minimum atomic E-state index is -0.546. The van der Waals surface area contributed by atoms with Crippen molar-refractivity contribution in [3.8, 4) is 11.5 Å². The molecule has 2 aromatic rings. The number of aliphatic hydroxyl groups is 1. The number of fused-ring (bicyclic) bond motifs is 1. The van der Waals surface area contributed by atoms with E-state index in [2.05, 4.69) is 17.4 Å². The Morgan fingerprint density at radius 1 is 1.05 bits per heavy atom. The first kappa shape index (κ1) is 13.9. The first-order valence-electron chi connectivity index (χ1n) is 7.15. The molecule has 0 radical (unpaired) electrons. The summed E-state index contributed by atoms with van der Waals surface area (Å²) in [6.45, 7) is 1.61. The van der Waals surface area contributed by atoms with Crippen LogP contribution >= 0.6 is 0 Å². The number of nitrogens with one attached hydrogen (secondary N) is 1. The van der Waals surface area contributed by atoms with Crippen molar-refractivity contribution in [3.05, 3.63) is 59.7 Å². The lowest BCUT2D eigenvalue weighted by Gasteiger charge is -2.13. The molecule has 0 fully saturated rings. The molecule has 1 aliphatic heterocycles. The Morgan fingerprint density at radius 3 is 2.71 bits per heavy atom. The van der Waals surface area contributed by atoms with Crippen LogP contribution in [0.25, 0.3) is 0 Å². The maximum absolute atomic E-state index is 10.2. The smallest absolute Gasteiger partial charge is 0.231 e. The molecule has 0 aromatic heterocycles. The average molecular weight is 285 g/mol. The summed E-state index contributed by atoms with van der Waals surface area (Å²) in [5, 5.41) is 13.5. The first-order chi connectivity index (χ1) is 10.3. The average Bonchev–Trinajstić information content (AvgIpc) is 3.00. The maximum atomic E-state index is 10.2. The van der Waals surface area contributed by atoms with Crippen molar-refractivity contribution in [1.82, 2.24) is 5.32 Å². The lowest BCUT2D eigenvalue weighted by atomic mass is 10.1. The van der Waals surface area contributed by atoms with Gasteiger partial charge in [0, 0.05) is 6.54 Å². The van der Waals surface area contributed by atoms with E-state index >= 15 is 0 Å². The monoisotopic (exact) mass is 285 g/mol. The molecule has 0 aliphatic carbocycles. The van der Waals surface area contributed by atoms with Crippen molar-refractivity contribution >= 4 is 0 Å². The Balaban J connectivity index is 1.47. The Bertz CT molecular complexity index is 586. The molecule has 2 N–H and O–H groups in total. The molecule has 1 atom stereocenters. The molecule has 3 rings (SSSR count). The van der Waals surface area contributed by atoms with Crippen LogP contribution in [-0.4, -0.2) is 25.0 Å². The predicted octanol–water partition coefficient (Wildman–Crippen LogP) is 2.28. The second-order valence-corrected chi connectivity index (χ2v) is 5.07. The molecular formula is C17H19NO3. The Morgan fingerprint density at radius 2 is 1.86 bits per heavy atom. The van der Waals surface area contributed by atoms with Crippen molar-refractivity contribution in [3.63, 3.8) is 0 Å². The Labute approximate surface area is 124 Å².